The number of nitrogens with one attached hydrogen (secondary N) is 1. The highest BCUT2D eigenvalue weighted by Crippen LogP contribution is 2.30. The van der Waals surface area contributed by atoms with Gasteiger partial charge in [-0.2, -0.15) is 8.75 Å². The van der Waals surface area contributed by atoms with Gasteiger partial charge in [0.25, 0.3) is 0 Å². The summed E-state index contributed by atoms with van der Waals surface area (Å²) in [4.78, 5) is 11.9. The van der Waals surface area contributed by atoms with Crippen molar-refractivity contribution >= 4 is 46.0 Å². The fourth-order valence-electron chi connectivity index (χ4n) is 1.58. The second kappa shape index (κ2) is 5.40. The highest BCUT2D eigenvalue weighted by Gasteiger charge is 2.16. The second-order valence-electron chi connectivity index (χ2n) is 5.09. The Bertz CT molecular complexity index is 605. The lowest BCUT2D eigenvalue weighted by atomic mass is 10.00. The van der Waals surface area contributed by atoms with Crippen molar-refractivity contribution in [2.75, 3.05) is 5.32 Å². The minimum Gasteiger partial charge on any atom is -0.326 e. The normalized spacial score (nSPS) is 11.8. The SMILES string of the molecule is CC(C)(N)CCC(=O)Nc1c(Cl)ccc2nsnc12. The Morgan fingerprint density at radius 1 is 1.47 bits per heavy atom. The zero-order chi connectivity index (χ0) is 14.0. The zero-order valence-electron chi connectivity index (χ0n) is 10.7. The topological polar surface area (TPSA) is 80.9 Å². The van der Waals surface area contributed by atoms with Crippen LogP contribution in [0, 0.1) is 0 Å². The van der Waals surface area contributed by atoms with Crippen LogP contribution in [0.1, 0.15) is 26.7 Å². The molecule has 0 aliphatic carbocycles. The van der Waals surface area contributed by atoms with Crippen LogP contribution < -0.4 is 11.1 Å². The molecule has 2 rings (SSSR count). The first-order valence-corrected chi connectivity index (χ1v) is 6.97. The molecule has 0 radical (unpaired) electrons. The van der Waals surface area contributed by atoms with Gasteiger partial charge in [0.2, 0.25) is 5.91 Å². The summed E-state index contributed by atoms with van der Waals surface area (Å²) in [5, 5.41) is 3.25. The van der Waals surface area contributed by atoms with E-state index in [1.165, 1.54) is 0 Å². The summed E-state index contributed by atoms with van der Waals surface area (Å²) in [5.41, 5.74) is 7.36. The molecular weight excluding hydrogens is 284 g/mol. The van der Waals surface area contributed by atoms with Crippen molar-refractivity contribution < 1.29 is 4.79 Å². The van der Waals surface area contributed by atoms with Gasteiger partial charge in [-0.3, -0.25) is 4.79 Å². The second-order valence-corrected chi connectivity index (χ2v) is 6.03. The van der Waals surface area contributed by atoms with Crippen LogP contribution in [-0.4, -0.2) is 20.2 Å². The first-order chi connectivity index (χ1) is 8.87. The predicted octanol–water partition coefficient (Wildman–Crippen LogP) is 2.80. The van der Waals surface area contributed by atoms with E-state index in [9.17, 15) is 4.79 Å². The summed E-state index contributed by atoms with van der Waals surface area (Å²) in [7, 11) is 0. The number of hydrogen-bond donors (Lipinski definition) is 2. The number of aromatic nitrogens is 2. The Balaban J connectivity index is 2.15. The molecular formula is C12H15ClN4OS. The van der Waals surface area contributed by atoms with Crippen LogP contribution in [-0.2, 0) is 4.79 Å². The van der Waals surface area contributed by atoms with Crippen molar-refractivity contribution in [2.45, 2.75) is 32.2 Å². The maximum absolute atomic E-state index is 11.9. The monoisotopic (exact) mass is 298 g/mol. The summed E-state index contributed by atoms with van der Waals surface area (Å²) in [6, 6.07) is 3.48. The number of hydrogen-bond acceptors (Lipinski definition) is 5. The number of nitrogens with zero attached hydrogens (tertiary/aromatic N) is 2. The molecule has 0 saturated carbocycles. The van der Waals surface area contributed by atoms with Gasteiger partial charge in [0.05, 0.1) is 22.4 Å². The Morgan fingerprint density at radius 2 is 2.21 bits per heavy atom. The standard InChI is InChI=1S/C12H15ClN4OS/c1-12(2,14)6-5-9(18)15-10-7(13)3-4-8-11(10)17-19-16-8/h3-4H,5-6,14H2,1-2H3,(H,15,18). The van der Waals surface area contributed by atoms with E-state index in [1.807, 2.05) is 13.8 Å². The lowest BCUT2D eigenvalue weighted by molar-refractivity contribution is -0.116. The third kappa shape index (κ3) is 3.62. The van der Waals surface area contributed by atoms with Gasteiger partial charge < -0.3 is 11.1 Å². The van der Waals surface area contributed by atoms with Crippen molar-refractivity contribution in [2.24, 2.45) is 5.73 Å². The quantitative estimate of drug-likeness (QED) is 0.909. The highest BCUT2D eigenvalue weighted by molar-refractivity contribution is 7.00. The molecule has 0 bridgehead atoms. The van der Waals surface area contributed by atoms with Gasteiger partial charge in [-0.05, 0) is 32.4 Å². The Kier molecular flexibility index (Phi) is 4.03. The maximum Gasteiger partial charge on any atom is 0.224 e. The molecule has 5 nitrogen and oxygen atoms in total. The molecule has 1 heterocycles. The number of rotatable bonds is 4. The Morgan fingerprint density at radius 3 is 2.89 bits per heavy atom. The molecule has 2 aromatic rings. The van der Waals surface area contributed by atoms with E-state index < -0.39 is 0 Å². The third-order valence-corrected chi connectivity index (χ3v) is 3.50. The molecule has 1 amide bonds. The van der Waals surface area contributed by atoms with Gasteiger partial charge in [0.1, 0.15) is 11.0 Å². The van der Waals surface area contributed by atoms with Crippen molar-refractivity contribution in [1.29, 1.82) is 0 Å². The molecule has 3 N–H and O–H groups in total. The van der Waals surface area contributed by atoms with Crippen LogP contribution in [0.4, 0.5) is 5.69 Å². The van der Waals surface area contributed by atoms with Gasteiger partial charge in [0, 0.05) is 12.0 Å². The molecule has 0 unspecified atom stereocenters. The molecule has 19 heavy (non-hydrogen) atoms. The third-order valence-electron chi connectivity index (χ3n) is 2.64. The van der Waals surface area contributed by atoms with Crippen molar-refractivity contribution in [3.05, 3.63) is 17.2 Å². The van der Waals surface area contributed by atoms with E-state index >= 15 is 0 Å². The van der Waals surface area contributed by atoms with E-state index in [1.54, 1.807) is 12.1 Å². The number of carbonyl (C=O) groups is 1. The molecule has 1 aromatic heterocycles. The van der Waals surface area contributed by atoms with Crippen LogP contribution in [0.3, 0.4) is 0 Å². The molecule has 0 spiro atoms. The average molecular weight is 299 g/mol. The number of nitrogens with two attached hydrogens (primary N) is 1. The Labute approximate surface area is 120 Å². The summed E-state index contributed by atoms with van der Waals surface area (Å²) >= 11 is 7.18. The van der Waals surface area contributed by atoms with Crippen molar-refractivity contribution in [3.63, 3.8) is 0 Å². The summed E-state index contributed by atoms with van der Waals surface area (Å²) < 4.78 is 8.26. The first kappa shape index (κ1) is 14.2. The van der Waals surface area contributed by atoms with E-state index in [0.29, 0.717) is 29.1 Å². The van der Waals surface area contributed by atoms with Crippen molar-refractivity contribution in [1.82, 2.24) is 8.75 Å². The van der Waals surface area contributed by atoms with Crippen LogP contribution >= 0.6 is 23.3 Å². The van der Waals surface area contributed by atoms with Gasteiger partial charge in [0.15, 0.2) is 0 Å². The van der Waals surface area contributed by atoms with E-state index in [-0.39, 0.29) is 11.4 Å². The number of anilines is 1. The van der Waals surface area contributed by atoms with Crippen LogP contribution in [0.15, 0.2) is 12.1 Å². The molecule has 0 fully saturated rings. The van der Waals surface area contributed by atoms with Crippen molar-refractivity contribution in [3.8, 4) is 0 Å². The lowest BCUT2D eigenvalue weighted by Crippen LogP contribution is -2.33. The number of carbonyl (C=O) groups excluding carboxylic acids is 1. The number of halogens is 1. The number of fused-ring (bicyclic) bond motifs is 1. The molecule has 0 atom stereocenters. The molecule has 0 aliphatic rings. The van der Waals surface area contributed by atoms with Gasteiger partial charge in [-0.25, -0.2) is 0 Å². The molecule has 1 aromatic carbocycles. The molecule has 7 heteroatoms. The lowest BCUT2D eigenvalue weighted by Gasteiger charge is -2.17. The Hall–Kier alpha value is -1.24. The summed E-state index contributed by atoms with van der Waals surface area (Å²) in [5.74, 6) is -0.124. The molecule has 102 valence electrons. The first-order valence-electron chi connectivity index (χ1n) is 5.86. The van der Waals surface area contributed by atoms with E-state index in [2.05, 4.69) is 14.1 Å². The molecule has 0 aliphatic heterocycles. The summed E-state index contributed by atoms with van der Waals surface area (Å²) in [6.45, 7) is 3.77. The molecule has 0 saturated heterocycles. The van der Waals surface area contributed by atoms with Gasteiger partial charge in [-0.1, -0.05) is 11.6 Å². The number of benzene rings is 1. The van der Waals surface area contributed by atoms with Crippen LogP contribution in [0.2, 0.25) is 5.02 Å². The minimum absolute atomic E-state index is 0.124. The fourth-order valence-corrected chi connectivity index (χ4v) is 2.33. The largest absolute Gasteiger partial charge is 0.326 e. The number of amides is 1. The van der Waals surface area contributed by atoms with Gasteiger partial charge in [-0.15, -0.1) is 0 Å². The average Bonchev–Trinajstić information content (AvgIpc) is 2.78. The predicted molar refractivity (Wildman–Crippen MR) is 78.6 cm³/mol. The fraction of sp³-hybridized carbons (Fsp3) is 0.417. The smallest absolute Gasteiger partial charge is 0.224 e. The highest BCUT2D eigenvalue weighted by atomic mass is 35.5. The van der Waals surface area contributed by atoms with E-state index in [4.69, 9.17) is 17.3 Å². The van der Waals surface area contributed by atoms with E-state index in [0.717, 1.165) is 17.2 Å². The maximum atomic E-state index is 11.9. The van der Waals surface area contributed by atoms with Crippen LogP contribution in [0.5, 0.6) is 0 Å². The summed E-state index contributed by atoms with van der Waals surface area (Å²) in [6.07, 6.45) is 0.940. The van der Waals surface area contributed by atoms with Gasteiger partial charge >= 0.3 is 0 Å². The van der Waals surface area contributed by atoms with Crippen LogP contribution in [0.25, 0.3) is 11.0 Å². The zero-order valence-corrected chi connectivity index (χ0v) is 12.3. The minimum atomic E-state index is -0.366.